The van der Waals surface area contributed by atoms with Gasteiger partial charge in [0, 0.05) is 5.56 Å². The van der Waals surface area contributed by atoms with E-state index in [1.165, 1.54) is 24.3 Å². The van der Waals surface area contributed by atoms with Crippen LogP contribution in [0.15, 0.2) is 24.3 Å². The molecular formula is C7H7F2NO. The number of hydrogen-bond acceptors (Lipinski definition) is 2. The zero-order chi connectivity index (χ0) is 8.27. The molecule has 0 saturated carbocycles. The van der Waals surface area contributed by atoms with Crippen LogP contribution in [-0.2, 0) is 0 Å². The van der Waals surface area contributed by atoms with Crippen LogP contribution in [0.1, 0.15) is 12.0 Å². The van der Waals surface area contributed by atoms with E-state index in [1.807, 2.05) is 0 Å². The highest BCUT2D eigenvalue weighted by Gasteiger charge is 2.05. The van der Waals surface area contributed by atoms with Crippen LogP contribution < -0.4 is 5.48 Å². The fraction of sp³-hybridized carbons (Fsp3) is 0.143. The van der Waals surface area contributed by atoms with Crippen LogP contribution in [0.25, 0.3) is 0 Å². The van der Waals surface area contributed by atoms with Crippen molar-refractivity contribution in [3.05, 3.63) is 29.8 Å². The Balaban J connectivity index is 2.91. The van der Waals surface area contributed by atoms with Gasteiger partial charge in [-0.3, -0.25) is 10.7 Å². The second-order valence-corrected chi connectivity index (χ2v) is 2.04. The van der Waals surface area contributed by atoms with Crippen molar-refractivity contribution >= 4 is 5.69 Å². The molecule has 0 bridgehead atoms. The highest BCUT2D eigenvalue weighted by atomic mass is 19.3. The molecule has 0 radical (unpaired) electrons. The Morgan fingerprint density at radius 2 is 2.09 bits per heavy atom. The van der Waals surface area contributed by atoms with Crippen LogP contribution in [0.5, 0.6) is 0 Å². The van der Waals surface area contributed by atoms with Crippen molar-refractivity contribution in [2.75, 3.05) is 5.48 Å². The van der Waals surface area contributed by atoms with Crippen LogP contribution in [0.2, 0.25) is 0 Å². The standard InChI is InChI=1S/C7H7F2NO/c8-7(9)5-2-1-3-6(4-5)10-11/h1-4,7,10-11H. The summed E-state index contributed by atoms with van der Waals surface area (Å²) in [5, 5.41) is 8.35. The molecule has 1 aromatic rings. The first-order valence-electron chi connectivity index (χ1n) is 3.02. The molecule has 0 heterocycles. The van der Waals surface area contributed by atoms with Gasteiger partial charge in [0.15, 0.2) is 0 Å². The lowest BCUT2D eigenvalue weighted by Gasteiger charge is -2.01. The molecule has 0 aromatic heterocycles. The second-order valence-electron chi connectivity index (χ2n) is 2.04. The largest absolute Gasteiger partial charge is 0.291 e. The molecule has 0 atom stereocenters. The molecule has 0 saturated heterocycles. The maximum Gasteiger partial charge on any atom is 0.263 e. The molecule has 2 nitrogen and oxygen atoms in total. The Hall–Kier alpha value is -1.16. The summed E-state index contributed by atoms with van der Waals surface area (Å²) >= 11 is 0. The number of halogens is 2. The number of nitrogens with one attached hydrogen (secondary N) is 1. The van der Waals surface area contributed by atoms with E-state index in [0.29, 0.717) is 0 Å². The average Bonchev–Trinajstić information content (AvgIpc) is 2.05. The number of alkyl halides is 2. The van der Waals surface area contributed by atoms with Crippen LogP contribution in [0.4, 0.5) is 14.5 Å². The number of benzene rings is 1. The Morgan fingerprint density at radius 1 is 1.36 bits per heavy atom. The van der Waals surface area contributed by atoms with E-state index in [-0.39, 0.29) is 11.3 Å². The molecule has 2 N–H and O–H groups in total. The summed E-state index contributed by atoms with van der Waals surface area (Å²) in [4.78, 5) is 0. The van der Waals surface area contributed by atoms with Crippen LogP contribution in [0.3, 0.4) is 0 Å². The fourth-order valence-electron chi connectivity index (χ4n) is 0.744. The predicted octanol–water partition coefficient (Wildman–Crippen LogP) is 2.43. The van der Waals surface area contributed by atoms with Gasteiger partial charge < -0.3 is 0 Å². The lowest BCUT2D eigenvalue weighted by molar-refractivity contribution is 0.151. The van der Waals surface area contributed by atoms with Crippen molar-refractivity contribution in [2.24, 2.45) is 0 Å². The van der Waals surface area contributed by atoms with E-state index >= 15 is 0 Å². The normalized spacial score (nSPS) is 10.2. The Bertz CT molecular complexity index is 240. The van der Waals surface area contributed by atoms with Crippen molar-refractivity contribution < 1.29 is 14.0 Å². The molecule has 0 aliphatic rings. The van der Waals surface area contributed by atoms with Gasteiger partial charge >= 0.3 is 0 Å². The maximum absolute atomic E-state index is 12.0. The quantitative estimate of drug-likeness (QED) is 0.649. The van der Waals surface area contributed by atoms with Gasteiger partial charge in [0.05, 0.1) is 5.69 Å². The third-order valence-corrected chi connectivity index (χ3v) is 1.27. The third kappa shape index (κ3) is 1.88. The van der Waals surface area contributed by atoms with Gasteiger partial charge in [0.1, 0.15) is 0 Å². The van der Waals surface area contributed by atoms with E-state index in [4.69, 9.17) is 5.21 Å². The molecule has 0 aliphatic carbocycles. The van der Waals surface area contributed by atoms with Gasteiger partial charge in [-0.1, -0.05) is 12.1 Å². The minimum atomic E-state index is -2.50. The topological polar surface area (TPSA) is 32.3 Å². The highest BCUT2D eigenvalue weighted by Crippen LogP contribution is 2.20. The van der Waals surface area contributed by atoms with Gasteiger partial charge in [0.2, 0.25) is 0 Å². The molecule has 0 fully saturated rings. The Kier molecular flexibility index (Phi) is 2.38. The lowest BCUT2D eigenvalue weighted by Crippen LogP contribution is -1.90. The van der Waals surface area contributed by atoms with Crippen molar-refractivity contribution in [1.82, 2.24) is 0 Å². The second kappa shape index (κ2) is 3.30. The third-order valence-electron chi connectivity index (χ3n) is 1.27. The number of hydrogen-bond donors (Lipinski definition) is 2. The van der Waals surface area contributed by atoms with Gasteiger partial charge in [-0.25, -0.2) is 8.78 Å². The van der Waals surface area contributed by atoms with E-state index in [1.54, 1.807) is 5.48 Å². The minimum Gasteiger partial charge on any atom is -0.291 e. The molecule has 1 aromatic carbocycles. The van der Waals surface area contributed by atoms with Crippen LogP contribution in [-0.4, -0.2) is 5.21 Å². The summed E-state index contributed by atoms with van der Waals surface area (Å²) in [6, 6.07) is 5.42. The first kappa shape index (κ1) is 7.94. The molecule has 0 aliphatic heterocycles. The molecule has 0 unspecified atom stereocenters. The average molecular weight is 159 g/mol. The summed E-state index contributed by atoms with van der Waals surface area (Å²) in [7, 11) is 0. The van der Waals surface area contributed by atoms with Crippen molar-refractivity contribution in [3.8, 4) is 0 Å². The summed E-state index contributed by atoms with van der Waals surface area (Å²) < 4.78 is 23.9. The molecule has 4 heteroatoms. The lowest BCUT2D eigenvalue weighted by atomic mass is 10.2. The number of rotatable bonds is 2. The van der Waals surface area contributed by atoms with E-state index in [2.05, 4.69) is 0 Å². The molecule has 60 valence electrons. The maximum atomic E-state index is 12.0. The van der Waals surface area contributed by atoms with Gasteiger partial charge in [-0.2, -0.15) is 0 Å². The summed E-state index contributed by atoms with van der Waals surface area (Å²) in [6.07, 6.45) is -2.50. The van der Waals surface area contributed by atoms with Gasteiger partial charge in [-0.15, -0.1) is 0 Å². The fourth-order valence-corrected chi connectivity index (χ4v) is 0.744. The number of anilines is 1. The summed E-state index contributed by atoms with van der Waals surface area (Å²) in [6.45, 7) is 0. The summed E-state index contributed by atoms with van der Waals surface area (Å²) in [5.74, 6) is 0. The van der Waals surface area contributed by atoms with E-state index in [0.717, 1.165) is 0 Å². The first-order chi connectivity index (χ1) is 5.24. The predicted molar refractivity (Wildman–Crippen MR) is 36.8 cm³/mol. The molecular weight excluding hydrogens is 152 g/mol. The van der Waals surface area contributed by atoms with E-state index in [9.17, 15) is 8.78 Å². The highest BCUT2D eigenvalue weighted by molar-refractivity contribution is 5.43. The van der Waals surface area contributed by atoms with Crippen molar-refractivity contribution in [2.45, 2.75) is 6.43 Å². The Morgan fingerprint density at radius 3 is 2.64 bits per heavy atom. The Labute approximate surface area is 62.4 Å². The first-order valence-corrected chi connectivity index (χ1v) is 3.02. The zero-order valence-electron chi connectivity index (χ0n) is 5.59. The summed E-state index contributed by atoms with van der Waals surface area (Å²) in [5.41, 5.74) is 1.95. The smallest absolute Gasteiger partial charge is 0.263 e. The molecule has 0 amide bonds. The van der Waals surface area contributed by atoms with Crippen LogP contribution >= 0.6 is 0 Å². The van der Waals surface area contributed by atoms with Crippen LogP contribution in [0, 0.1) is 0 Å². The van der Waals surface area contributed by atoms with E-state index < -0.39 is 6.43 Å². The van der Waals surface area contributed by atoms with Gasteiger partial charge in [0.25, 0.3) is 6.43 Å². The minimum absolute atomic E-state index is 0.107. The molecule has 11 heavy (non-hydrogen) atoms. The molecule has 0 spiro atoms. The zero-order valence-corrected chi connectivity index (χ0v) is 5.59. The monoisotopic (exact) mass is 159 g/mol. The van der Waals surface area contributed by atoms with Crippen molar-refractivity contribution in [3.63, 3.8) is 0 Å². The van der Waals surface area contributed by atoms with Crippen molar-refractivity contribution in [1.29, 1.82) is 0 Å². The molecule has 1 rings (SSSR count). The van der Waals surface area contributed by atoms with Gasteiger partial charge in [-0.05, 0) is 12.1 Å². The SMILES string of the molecule is ONc1cccc(C(F)F)c1.